The van der Waals surface area contributed by atoms with Gasteiger partial charge in [0.05, 0.1) is 17.2 Å². The Morgan fingerprint density at radius 2 is 1.95 bits per heavy atom. The average Bonchev–Trinajstić information content (AvgIpc) is 3.62. The third kappa shape index (κ3) is 3.83. The van der Waals surface area contributed by atoms with Crippen LogP contribution in [0.1, 0.15) is 18.4 Å². The number of aromatic nitrogens is 6. The summed E-state index contributed by atoms with van der Waals surface area (Å²) in [6.07, 6.45) is 2.36. The first-order chi connectivity index (χ1) is 18.2. The van der Waals surface area contributed by atoms with Crippen LogP contribution in [0, 0.1) is 6.92 Å². The fraction of sp³-hybridized carbons (Fsp3) is 0.269. The molecule has 1 aliphatic heterocycles. The van der Waals surface area contributed by atoms with Crippen LogP contribution >= 0.6 is 0 Å². The molecular formula is C26H22F3N7O2. The fourth-order valence-electron chi connectivity index (χ4n) is 5.18. The zero-order valence-corrected chi connectivity index (χ0v) is 20.3. The van der Waals surface area contributed by atoms with Crippen molar-refractivity contribution in [1.82, 2.24) is 33.6 Å². The number of imidazole rings is 1. The topological polar surface area (TPSA) is 90.3 Å². The molecule has 12 heteroatoms. The van der Waals surface area contributed by atoms with E-state index in [0.717, 1.165) is 21.6 Å². The van der Waals surface area contributed by atoms with Crippen molar-refractivity contribution >= 4 is 22.6 Å². The first-order valence-electron chi connectivity index (χ1n) is 12.1. The molecule has 38 heavy (non-hydrogen) atoms. The standard InChI is InChI=1S/C26H22F3N7O2/c1-16-5-2-6-19-23(16)36(25(38)34(19)15-22(37)33-11-3-7-20(33)26(27,28)29)21-9-8-17(13-31-21)18-14-32-35-12-4-10-30-24(18)35/h2,4-6,8-10,12-14,20H,3,7,11,15H2,1H3/t20-/m0/s1. The summed E-state index contributed by atoms with van der Waals surface area (Å²) in [5, 5.41) is 4.29. The number of fused-ring (bicyclic) bond motifs is 2. The number of halogens is 3. The predicted octanol–water partition coefficient (Wildman–Crippen LogP) is 3.76. The van der Waals surface area contributed by atoms with E-state index in [-0.39, 0.29) is 19.4 Å². The Morgan fingerprint density at radius 3 is 2.71 bits per heavy atom. The molecule has 1 saturated heterocycles. The molecule has 0 bridgehead atoms. The zero-order valence-electron chi connectivity index (χ0n) is 20.3. The Kier molecular flexibility index (Phi) is 5.55. The number of aryl methyl sites for hydroxylation is 1. The largest absolute Gasteiger partial charge is 0.408 e. The van der Waals surface area contributed by atoms with E-state index in [4.69, 9.17) is 0 Å². The van der Waals surface area contributed by atoms with E-state index in [1.807, 2.05) is 13.0 Å². The van der Waals surface area contributed by atoms with Crippen LogP contribution in [0.3, 0.4) is 0 Å². The van der Waals surface area contributed by atoms with E-state index in [9.17, 15) is 22.8 Å². The number of hydrogen-bond acceptors (Lipinski definition) is 5. The lowest BCUT2D eigenvalue weighted by Gasteiger charge is -2.26. The van der Waals surface area contributed by atoms with Gasteiger partial charge in [0, 0.05) is 36.3 Å². The lowest BCUT2D eigenvalue weighted by Crippen LogP contribution is -2.46. The molecule has 0 N–H and O–H groups in total. The van der Waals surface area contributed by atoms with E-state index < -0.39 is 30.4 Å². The Morgan fingerprint density at radius 1 is 1.11 bits per heavy atom. The number of nitrogens with zero attached hydrogens (tertiary/aromatic N) is 7. The average molecular weight is 522 g/mol. The maximum absolute atomic E-state index is 13.6. The smallest absolute Gasteiger partial charge is 0.329 e. The fourth-order valence-corrected chi connectivity index (χ4v) is 5.18. The van der Waals surface area contributed by atoms with E-state index >= 15 is 0 Å². The Hall–Kier alpha value is -4.48. The van der Waals surface area contributed by atoms with Crippen LogP contribution in [-0.4, -0.2) is 58.3 Å². The van der Waals surface area contributed by atoms with Crippen LogP contribution in [0.4, 0.5) is 13.2 Å². The minimum Gasteiger partial charge on any atom is -0.329 e. The van der Waals surface area contributed by atoms with Gasteiger partial charge in [0.15, 0.2) is 5.65 Å². The number of carbonyl (C=O) groups excluding carboxylic acids is 1. The molecule has 0 unspecified atom stereocenters. The van der Waals surface area contributed by atoms with Crippen LogP contribution < -0.4 is 5.69 Å². The zero-order chi connectivity index (χ0) is 26.6. The molecule has 0 saturated carbocycles. The van der Waals surface area contributed by atoms with E-state index in [1.165, 1.54) is 9.13 Å². The van der Waals surface area contributed by atoms with Gasteiger partial charge in [0.25, 0.3) is 0 Å². The van der Waals surface area contributed by atoms with Crippen molar-refractivity contribution in [3.63, 3.8) is 0 Å². The summed E-state index contributed by atoms with van der Waals surface area (Å²) in [4.78, 5) is 36.3. The van der Waals surface area contributed by atoms with Crippen molar-refractivity contribution in [2.24, 2.45) is 0 Å². The number of carbonyl (C=O) groups is 1. The van der Waals surface area contributed by atoms with Crippen LogP contribution in [0.5, 0.6) is 0 Å². The SMILES string of the molecule is Cc1cccc2c1n(-c1ccc(-c3cnn4cccnc34)cn1)c(=O)n2CC(=O)N1CCC[C@H]1C(F)(F)F. The molecule has 9 nitrogen and oxygen atoms in total. The van der Waals surface area contributed by atoms with Gasteiger partial charge in [0.1, 0.15) is 18.4 Å². The second-order valence-corrected chi connectivity index (χ2v) is 9.28. The van der Waals surface area contributed by atoms with Crippen molar-refractivity contribution < 1.29 is 18.0 Å². The molecule has 1 aliphatic rings. The maximum Gasteiger partial charge on any atom is 0.408 e. The van der Waals surface area contributed by atoms with E-state index in [2.05, 4.69) is 15.1 Å². The molecule has 1 atom stereocenters. The summed E-state index contributed by atoms with van der Waals surface area (Å²) in [5.41, 5.74) is 3.37. The number of pyridine rings is 1. The second kappa shape index (κ2) is 8.82. The Balaban J connectivity index is 1.40. The van der Waals surface area contributed by atoms with Crippen molar-refractivity contribution in [3.05, 3.63) is 77.2 Å². The second-order valence-electron chi connectivity index (χ2n) is 9.28. The number of rotatable bonds is 4. The molecule has 5 aromatic rings. The summed E-state index contributed by atoms with van der Waals surface area (Å²) in [6.45, 7) is 1.34. The molecule has 6 rings (SSSR count). The van der Waals surface area contributed by atoms with Gasteiger partial charge < -0.3 is 4.90 Å². The number of benzene rings is 1. The van der Waals surface area contributed by atoms with Gasteiger partial charge in [0.2, 0.25) is 5.91 Å². The number of para-hydroxylation sites is 1. The van der Waals surface area contributed by atoms with Gasteiger partial charge >= 0.3 is 11.9 Å². The summed E-state index contributed by atoms with van der Waals surface area (Å²) >= 11 is 0. The summed E-state index contributed by atoms with van der Waals surface area (Å²) < 4.78 is 44.6. The number of alkyl halides is 3. The Bertz CT molecular complexity index is 1730. The van der Waals surface area contributed by atoms with Crippen molar-refractivity contribution in [3.8, 4) is 16.9 Å². The molecule has 1 aromatic carbocycles. The number of hydrogen-bond donors (Lipinski definition) is 0. The lowest BCUT2D eigenvalue weighted by atomic mass is 10.1. The van der Waals surface area contributed by atoms with Crippen molar-refractivity contribution in [2.75, 3.05) is 6.54 Å². The highest BCUT2D eigenvalue weighted by Crippen LogP contribution is 2.33. The van der Waals surface area contributed by atoms with Crippen LogP contribution in [0.25, 0.3) is 33.6 Å². The highest BCUT2D eigenvalue weighted by atomic mass is 19.4. The molecule has 4 aromatic heterocycles. The van der Waals surface area contributed by atoms with Crippen molar-refractivity contribution in [2.45, 2.75) is 38.5 Å². The monoisotopic (exact) mass is 521 g/mol. The van der Waals surface area contributed by atoms with E-state index in [0.29, 0.717) is 22.5 Å². The third-order valence-corrected chi connectivity index (χ3v) is 6.96. The number of amides is 1. The van der Waals surface area contributed by atoms with Crippen LogP contribution in [0.15, 0.2) is 66.0 Å². The molecule has 0 aliphatic carbocycles. The summed E-state index contributed by atoms with van der Waals surface area (Å²) in [7, 11) is 0. The molecule has 194 valence electrons. The van der Waals surface area contributed by atoms with Gasteiger partial charge in [-0.05, 0) is 49.6 Å². The predicted molar refractivity (Wildman–Crippen MR) is 133 cm³/mol. The van der Waals surface area contributed by atoms with Crippen molar-refractivity contribution in [1.29, 1.82) is 0 Å². The number of likely N-dealkylation sites (tertiary alicyclic amines) is 1. The molecule has 0 radical (unpaired) electrons. The van der Waals surface area contributed by atoms with Gasteiger partial charge in [-0.3, -0.25) is 9.36 Å². The van der Waals surface area contributed by atoms with E-state index in [1.54, 1.807) is 59.6 Å². The minimum absolute atomic E-state index is 0.0108. The highest BCUT2D eigenvalue weighted by molar-refractivity contribution is 5.84. The Labute approximate surface area is 213 Å². The summed E-state index contributed by atoms with van der Waals surface area (Å²) in [6, 6.07) is 8.66. The van der Waals surface area contributed by atoms with Gasteiger partial charge in [-0.2, -0.15) is 18.3 Å². The molecule has 1 fully saturated rings. The first kappa shape index (κ1) is 23.9. The minimum atomic E-state index is -4.51. The molecule has 0 spiro atoms. The van der Waals surface area contributed by atoms with Gasteiger partial charge in [-0.1, -0.05) is 12.1 Å². The first-order valence-corrected chi connectivity index (χ1v) is 12.1. The maximum atomic E-state index is 13.6. The normalized spacial score (nSPS) is 16.1. The molecular weight excluding hydrogens is 499 g/mol. The molecule has 1 amide bonds. The molecule has 5 heterocycles. The van der Waals surface area contributed by atoms with Gasteiger partial charge in [-0.15, -0.1) is 0 Å². The van der Waals surface area contributed by atoms with Crippen LogP contribution in [-0.2, 0) is 11.3 Å². The summed E-state index contributed by atoms with van der Waals surface area (Å²) in [5.74, 6) is -0.417. The van der Waals surface area contributed by atoms with Crippen LogP contribution in [0.2, 0.25) is 0 Å². The van der Waals surface area contributed by atoms with Gasteiger partial charge in [-0.25, -0.2) is 23.8 Å². The third-order valence-electron chi connectivity index (χ3n) is 6.96. The quantitative estimate of drug-likeness (QED) is 0.359. The lowest BCUT2D eigenvalue weighted by molar-refractivity contribution is -0.182. The highest BCUT2D eigenvalue weighted by Gasteiger charge is 2.47.